The molecule has 0 fully saturated rings. The molecule has 4 aromatic rings. The van der Waals surface area contributed by atoms with E-state index < -0.39 is 0 Å². The molecule has 0 saturated heterocycles. The number of H-pyrrole nitrogens is 1. The molecule has 0 saturated carbocycles. The average molecular weight is 372 g/mol. The zero-order valence-electron chi connectivity index (χ0n) is 15.6. The summed E-state index contributed by atoms with van der Waals surface area (Å²) in [5, 5.41) is 15.9. The summed E-state index contributed by atoms with van der Waals surface area (Å²) in [4.78, 5) is 18.9. The predicted molar refractivity (Wildman–Crippen MR) is 111 cm³/mol. The van der Waals surface area contributed by atoms with Crippen LogP contribution in [0.3, 0.4) is 0 Å². The van der Waals surface area contributed by atoms with Crippen LogP contribution in [0.4, 0.5) is 11.5 Å². The summed E-state index contributed by atoms with van der Waals surface area (Å²) in [5.41, 5.74) is 4.88. The molecule has 2 aromatic heterocycles. The van der Waals surface area contributed by atoms with Crippen molar-refractivity contribution in [3.63, 3.8) is 0 Å². The molecule has 0 spiro atoms. The topological polar surface area (TPSA) is 83.9 Å². The van der Waals surface area contributed by atoms with Gasteiger partial charge in [-0.1, -0.05) is 36.4 Å². The number of pyridine rings is 1. The van der Waals surface area contributed by atoms with E-state index in [9.17, 15) is 10.1 Å². The zero-order chi connectivity index (χ0) is 19.7. The molecule has 1 atom stereocenters. The second-order valence-corrected chi connectivity index (χ2v) is 6.80. The normalized spacial score (nSPS) is 12.1. The van der Waals surface area contributed by atoms with Crippen LogP contribution in [0.15, 0.2) is 66.7 Å². The fraction of sp³-hybridized carbons (Fsp3) is 0.136. The quantitative estimate of drug-likeness (QED) is 0.368. The monoisotopic (exact) mass is 372 g/mol. The fourth-order valence-electron chi connectivity index (χ4n) is 3.58. The number of non-ortho nitro benzene ring substituents is 1. The Bertz CT molecular complexity index is 1170. The number of nitro benzene ring substituents is 1. The first kappa shape index (κ1) is 17.7. The average Bonchev–Trinajstić information content (AvgIpc) is 3.02. The Morgan fingerprint density at radius 3 is 2.61 bits per heavy atom. The van der Waals surface area contributed by atoms with Crippen molar-refractivity contribution in [1.29, 1.82) is 0 Å². The summed E-state index contributed by atoms with van der Waals surface area (Å²) < 4.78 is 0. The second-order valence-electron chi connectivity index (χ2n) is 6.80. The highest BCUT2D eigenvalue weighted by Crippen LogP contribution is 2.35. The molecule has 0 unspecified atom stereocenters. The number of hydrogen-bond donors (Lipinski definition) is 2. The van der Waals surface area contributed by atoms with Gasteiger partial charge in [0.05, 0.1) is 11.0 Å². The minimum absolute atomic E-state index is 0.0685. The van der Waals surface area contributed by atoms with Crippen molar-refractivity contribution in [2.45, 2.75) is 19.9 Å². The number of benzene rings is 2. The number of fused-ring (bicyclic) bond motifs is 1. The molecule has 0 aliphatic rings. The lowest BCUT2D eigenvalue weighted by molar-refractivity contribution is -0.384. The molecule has 6 heteroatoms. The van der Waals surface area contributed by atoms with E-state index >= 15 is 0 Å². The van der Waals surface area contributed by atoms with Gasteiger partial charge in [0.25, 0.3) is 5.69 Å². The molecule has 0 bridgehead atoms. The number of aromatic nitrogens is 2. The Balaban J connectivity index is 1.89. The van der Waals surface area contributed by atoms with E-state index in [4.69, 9.17) is 0 Å². The van der Waals surface area contributed by atoms with Crippen molar-refractivity contribution < 1.29 is 4.92 Å². The summed E-state index contributed by atoms with van der Waals surface area (Å²) >= 11 is 0. The molecule has 0 aliphatic heterocycles. The summed E-state index contributed by atoms with van der Waals surface area (Å²) in [6.45, 7) is 3.95. The Morgan fingerprint density at radius 2 is 1.82 bits per heavy atom. The molecule has 2 N–H and O–H groups in total. The van der Waals surface area contributed by atoms with Crippen LogP contribution in [0.5, 0.6) is 0 Å². The third-order valence-corrected chi connectivity index (χ3v) is 4.83. The van der Waals surface area contributed by atoms with Gasteiger partial charge in [0.1, 0.15) is 5.82 Å². The molecule has 2 heterocycles. The minimum atomic E-state index is -0.368. The summed E-state index contributed by atoms with van der Waals surface area (Å²) in [5.74, 6) is 0.723. The largest absolute Gasteiger partial charge is 0.359 e. The number of hydrogen-bond acceptors (Lipinski definition) is 4. The molecule has 2 aromatic carbocycles. The highest BCUT2D eigenvalue weighted by atomic mass is 16.6. The minimum Gasteiger partial charge on any atom is -0.359 e. The Kier molecular flexibility index (Phi) is 4.53. The maximum absolute atomic E-state index is 11.3. The smallest absolute Gasteiger partial charge is 0.269 e. The first-order valence-electron chi connectivity index (χ1n) is 9.04. The predicted octanol–water partition coefficient (Wildman–Crippen LogP) is 5.29. The van der Waals surface area contributed by atoms with Crippen LogP contribution < -0.4 is 5.32 Å². The van der Waals surface area contributed by atoms with Gasteiger partial charge in [0.2, 0.25) is 0 Å². The molecular weight excluding hydrogens is 352 g/mol. The molecule has 0 aliphatic carbocycles. The summed E-state index contributed by atoms with van der Waals surface area (Å²) in [6, 6.07) is 20.3. The van der Waals surface area contributed by atoms with Gasteiger partial charge in [0, 0.05) is 40.0 Å². The lowest BCUT2D eigenvalue weighted by Gasteiger charge is -2.21. The van der Waals surface area contributed by atoms with Crippen LogP contribution in [-0.4, -0.2) is 14.9 Å². The molecule has 140 valence electrons. The Hall–Kier alpha value is -3.67. The van der Waals surface area contributed by atoms with Crippen molar-refractivity contribution in [1.82, 2.24) is 9.97 Å². The zero-order valence-corrected chi connectivity index (χ0v) is 15.6. The van der Waals surface area contributed by atoms with Crippen LogP contribution in [0.2, 0.25) is 0 Å². The van der Waals surface area contributed by atoms with Gasteiger partial charge in [-0.3, -0.25) is 10.1 Å². The van der Waals surface area contributed by atoms with Gasteiger partial charge in [-0.2, -0.15) is 0 Å². The third-order valence-electron chi connectivity index (χ3n) is 4.83. The van der Waals surface area contributed by atoms with Gasteiger partial charge in [-0.05, 0) is 37.6 Å². The standard InChI is InChI=1S/C22H20N4O2/c1-14-7-5-12-20(23-14)25-22(16-8-6-9-17(13-16)26(27)28)21-15(2)24-19-11-4-3-10-18(19)21/h3-13,22,24H,1-2H3,(H,23,25)/t22-/m1/s1. The van der Waals surface area contributed by atoms with Gasteiger partial charge >= 0.3 is 0 Å². The number of aryl methyl sites for hydroxylation is 2. The van der Waals surface area contributed by atoms with Crippen LogP contribution >= 0.6 is 0 Å². The summed E-state index contributed by atoms with van der Waals surface area (Å²) in [7, 11) is 0. The van der Waals surface area contributed by atoms with E-state index in [1.165, 1.54) is 6.07 Å². The maximum atomic E-state index is 11.3. The van der Waals surface area contributed by atoms with Crippen molar-refractivity contribution in [2.75, 3.05) is 5.32 Å². The van der Waals surface area contributed by atoms with Gasteiger partial charge in [-0.15, -0.1) is 0 Å². The lowest BCUT2D eigenvalue weighted by Crippen LogP contribution is -2.14. The maximum Gasteiger partial charge on any atom is 0.269 e. The van der Waals surface area contributed by atoms with Crippen molar-refractivity contribution >= 4 is 22.4 Å². The first-order chi connectivity index (χ1) is 13.5. The number of anilines is 1. The van der Waals surface area contributed by atoms with Gasteiger partial charge in [-0.25, -0.2) is 4.98 Å². The molecular formula is C22H20N4O2. The van der Waals surface area contributed by atoms with E-state index in [0.717, 1.165) is 39.2 Å². The SMILES string of the molecule is Cc1cccc(N[C@H](c2cccc([N+](=O)[O-])c2)c2c(C)[nH]c3ccccc23)n1. The van der Waals surface area contributed by atoms with E-state index in [0.29, 0.717) is 0 Å². The number of nitrogens with one attached hydrogen (secondary N) is 2. The Morgan fingerprint density at radius 1 is 1.04 bits per heavy atom. The molecule has 6 nitrogen and oxygen atoms in total. The summed E-state index contributed by atoms with van der Waals surface area (Å²) in [6.07, 6.45) is 0. The fourth-order valence-corrected chi connectivity index (χ4v) is 3.58. The van der Waals surface area contributed by atoms with E-state index in [1.807, 2.05) is 56.3 Å². The van der Waals surface area contributed by atoms with Crippen molar-refractivity contribution in [3.05, 3.63) is 99.4 Å². The van der Waals surface area contributed by atoms with Crippen LogP contribution in [0, 0.1) is 24.0 Å². The van der Waals surface area contributed by atoms with E-state index in [2.05, 4.69) is 21.4 Å². The highest BCUT2D eigenvalue weighted by molar-refractivity contribution is 5.86. The third kappa shape index (κ3) is 3.32. The van der Waals surface area contributed by atoms with Crippen molar-refractivity contribution in [2.24, 2.45) is 0 Å². The number of nitro groups is 1. The Labute approximate surface area is 162 Å². The number of aromatic amines is 1. The second kappa shape index (κ2) is 7.15. The van der Waals surface area contributed by atoms with Crippen LogP contribution in [0.25, 0.3) is 10.9 Å². The highest BCUT2D eigenvalue weighted by Gasteiger charge is 2.23. The number of nitrogens with zero attached hydrogens (tertiary/aromatic N) is 2. The van der Waals surface area contributed by atoms with Crippen LogP contribution in [-0.2, 0) is 0 Å². The van der Waals surface area contributed by atoms with Gasteiger partial charge in [0.15, 0.2) is 0 Å². The molecule has 28 heavy (non-hydrogen) atoms. The van der Waals surface area contributed by atoms with Gasteiger partial charge < -0.3 is 10.3 Å². The number of rotatable bonds is 5. The molecule has 0 amide bonds. The lowest BCUT2D eigenvalue weighted by atomic mass is 9.95. The van der Waals surface area contributed by atoms with E-state index in [1.54, 1.807) is 12.1 Å². The van der Waals surface area contributed by atoms with E-state index in [-0.39, 0.29) is 16.7 Å². The molecule has 0 radical (unpaired) electrons. The molecule has 4 rings (SSSR count). The van der Waals surface area contributed by atoms with Crippen LogP contribution in [0.1, 0.15) is 28.6 Å². The number of para-hydroxylation sites is 1. The van der Waals surface area contributed by atoms with Crippen molar-refractivity contribution in [3.8, 4) is 0 Å². The first-order valence-corrected chi connectivity index (χ1v) is 9.04.